The van der Waals surface area contributed by atoms with Gasteiger partial charge in [-0.05, 0) is 122 Å². The summed E-state index contributed by atoms with van der Waals surface area (Å²) < 4.78 is 7.54. The fourth-order valence-electron chi connectivity index (χ4n) is 9.92. The Kier molecular flexibility index (Phi) is 4.26. The maximum absolute atomic E-state index is 7.54. The normalized spacial score (nSPS) is 47.1. The lowest BCUT2D eigenvalue weighted by Crippen LogP contribution is -2.61. The number of fused-ring (bicyclic) bond motifs is 2. The Morgan fingerprint density at radius 2 is 1.91 bits per heavy atom. The third-order valence-electron chi connectivity index (χ3n) is 11.5. The first-order valence-electron chi connectivity index (χ1n) is 13.6. The van der Waals surface area contributed by atoms with Crippen LogP contribution in [0.25, 0.3) is 10.8 Å². The maximum atomic E-state index is 7.54. The van der Waals surface area contributed by atoms with Crippen LogP contribution in [-0.4, -0.2) is 16.2 Å². The molecule has 32 heavy (non-hydrogen) atoms. The van der Waals surface area contributed by atoms with E-state index in [4.69, 9.17) is 4.74 Å². The van der Waals surface area contributed by atoms with Crippen molar-refractivity contribution in [1.82, 2.24) is 4.98 Å². The lowest BCUT2D eigenvalue weighted by atomic mass is 9.53. The van der Waals surface area contributed by atoms with E-state index < -0.39 is 0 Å². The minimum atomic E-state index is 0.187. The molecule has 2 bridgehead atoms. The minimum absolute atomic E-state index is 0.187. The quantitative estimate of drug-likeness (QED) is 0.489. The highest BCUT2D eigenvalue weighted by molar-refractivity contribution is 5.82. The smallest absolute Gasteiger partial charge is 0.0752 e. The molecule has 2 aromatic rings. The molecule has 2 saturated heterocycles. The molecule has 2 nitrogen and oxygen atoms in total. The molecule has 8 unspecified atom stereocenters. The van der Waals surface area contributed by atoms with Gasteiger partial charge in [-0.2, -0.15) is 0 Å². The Labute approximate surface area is 193 Å². The molecular weight excluding hydrogens is 390 g/mol. The molecule has 2 heteroatoms. The molecule has 0 radical (unpaired) electrons. The van der Waals surface area contributed by atoms with Gasteiger partial charge in [-0.15, -0.1) is 0 Å². The Morgan fingerprint density at radius 3 is 2.81 bits per heavy atom. The van der Waals surface area contributed by atoms with Crippen LogP contribution in [0.15, 0.2) is 36.7 Å². The van der Waals surface area contributed by atoms with Crippen molar-refractivity contribution in [3.05, 3.63) is 42.2 Å². The second-order valence-corrected chi connectivity index (χ2v) is 12.5. The van der Waals surface area contributed by atoms with E-state index in [1.165, 1.54) is 81.4 Å². The summed E-state index contributed by atoms with van der Waals surface area (Å²) in [4.78, 5) is 4.39. The average Bonchev–Trinajstić information content (AvgIpc) is 3.33. The van der Waals surface area contributed by atoms with Gasteiger partial charge in [0.05, 0.1) is 11.2 Å². The molecule has 3 aliphatic carbocycles. The van der Waals surface area contributed by atoms with Crippen LogP contribution in [0, 0.1) is 29.1 Å². The Bertz CT molecular complexity index is 1050. The van der Waals surface area contributed by atoms with Crippen LogP contribution in [-0.2, 0) is 4.74 Å². The summed E-state index contributed by atoms with van der Waals surface area (Å²) in [6.07, 6.45) is 19.2. The van der Waals surface area contributed by atoms with Gasteiger partial charge in [-0.1, -0.05) is 32.4 Å². The predicted molar refractivity (Wildman–Crippen MR) is 130 cm³/mol. The van der Waals surface area contributed by atoms with Crippen molar-refractivity contribution in [3.63, 3.8) is 0 Å². The van der Waals surface area contributed by atoms with Gasteiger partial charge in [0.25, 0.3) is 0 Å². The highest BCUT2D eigenvalue weighted by atomic mass is 16.5. The lowest BCUT2D eigenvalue weighted by molar-refractivity contribution is -0.260. The molecule has 8 atom stereocenters. The first kappa shape index (κ1) is 20.0. The van der Waals surface area contributed by atoms with Gasteiger partial charge in [0.15, 0.2) is 0 Å². The van der Waals surface area contributed by atoms with Gasteiger partial charge in [0.2, 0.25) is 0 Å². The van der Waals surface area contributed by atoms with Gasteiger partial charge in [0, 0.05) is 17.8 Å². The van der Waals surface area contributed by atoms with E-state index in [-0.39, 0.29) is 11.2 Å². The van der Waals surface area contributed by atoms with Gasteiger partial charge in [0.1, 0.15) is 0 Å². The molecule has 0 amide bonds. The average molecular weight is 430 g/mol. The van der Waals surface area contributed by atoms with Crippen LogP contribution in [0.3, 0.4) is 0 Å². The molecule has 170 valence electrons. The summed E-state index contributed by atoms with van der Waals surface area (Å²) in [5.41, 5.74) is 2.35. The number of benzene rings is 1. The number of rotatable bonds is 2. The second-order valence-electron chi connectivity index (χ2n) is 12.5. The van der Waals surface area contributed by atoms with Gasteiger partial charge >= 0.3 is 0 Å². The van der Waals surface area contributed by atoms with E-state index in [1.807, 2.05) is 12.4 Å². The van der Waals surface area contributed by atoms with Crippen molar-refractivity contribution in [1.29, 1.82) is 0 Å². The van der Waals surface area contributed by atoms with E-state index in [1.54, 1.807) is 5.56 Å². The Balaban J connectivity index is 1.24. The summed E-state index contributed by atoms with van der Waals surface area (Å²) >= 11 is 0. The van der Waals surface area contributed by atoms with Crippen LogP contribution in [0.4, 0.5) is 0 Å². The number of hydrogen-bond acceptors (Lipinski definition) is 2. The Morgan fingerprint density at radius 1 is 0.969 bits per heavy atom. The monoisotopic (exact) mass is 429 g/mol. The number of aromatic nitrogens is 1. The number of pyridine rings is 1. The zero-order chi connectivity index (χ0) is 21.6. The van der Waals surface area contributed by atoms with Gasteiger partial charge in [-0.25, -0.2) is 0 Å². The van der Waals surface area contributed by atoms with Crippen molar-refractivity contribution in [2.45, 2.75) is 102 Å². The number of nitrogens with zero attached hydrogens (tertiary/aromatic N) is 1. The molecule has 1 aromatic carbocycles. The zero-order valence-electron chi connectivity index (χ0n) is 20.0. The number of hydrogen-bond donors (Lipinski definition) is 0. The first-order valence-corrected chi connectivity index (χ1v) is 13.6. The molecule has 5 aliphatic rings. The van der Waals surface area contributed by atoms with Crippen molar-refractivity contribution in [3.8, 4) is 0 Å². The molecular formula is C30H39NO. The van der Waals surface area contributed by atoms with E-state index in [0.29, 0.717) is 11.3 Å². The molecule has 2 aliphatic heterocycles. The zero-order valence-corrected chi connectivity index (χ0v) is 20.0. The van der Waals surface area contributed by atoms with Crippen LogP contribution in [0.2, 0.25) is 0 Å². The van der Waals surface area contributed by atoms with Crippen LogP contribution >= 0.6 is 0 Å². The van der Waals surface area contributed by atoms with Crippen LogP contribution < -0.4 is 0 Å². The predicted octanol–water partition coefficient (Wildman–Crippen LogP) is 7.66. The summed E-state index contributed by atoms with van der Waals surface area (Å²) in [6.45, 7) is 5.04. The summed E-state index contributed by atoms with van der Waals surface area (Å²) in [5, 5.41) is 2.61. The van der Waals surface area contributed by atoms with E-state index in [9.17, 15) is 0 Å². The first-order chi connectivity index (χ1) is 15.6. The van der Waals surface area contributed by atoms with Crippen molar-refractivity contribution in [2.24, 2.45) is 29.1 Å². The third-order valence-corrected chi connectivity index (χ3v) is 11.5. The van der Waals surface area contributed by atoms with Crippen molar-refractivity contribution < 1.29 is 4.74 Å². The highest BCUT2D eigenvalue weighted by Crippen LogP contribution is 2.72. The summed E-state index contributed by atoms with van der Waals surface area (Å²) in [7, 11) is 0. The highest BCUT2D eigenvalue weighted by Gasteiger charge is 2.70. The largest absolute Gasteiger partial charge is 0.368 e. The topological polar surface area (TPSA) is 22.1 Å². The minimum Gasteiger partial charge on any atom is -0.368 e. The van der Waals surface area contributed by atoms with Gasteiger partial charge in [-0.3, -0.25) is 4.98 Å². The van der Waals surface area contributed by atoms with Crippen molar-refractivity contribution >= 4 is 10.8 Å². The van der Waals surface area contributed by atoms with E-state index in [0.717, 1.165) is 23.7 Å². The fourth-order valence-corrected chi connectivity index (χ4v) is 9.92. The summed E-state index contributed by atoms with van der Waals surface area (Å²) in [5.74, 6) is 3.97. The van der Waals surface area contributed by atoms with Gasteiger partial charge < -0.3 is 4.74 Å². The standard InChI is InChI=1S/C30H39NO/c1-3-20-4-7-24-17-25-10-12-28(2)26(22-6-5-21-11-15-31-19-23(21)16-22)8-9-27(28)30(25)14-13-29(24,18-20)32-30/h5-6,11,15-16,19-20,24-27H,3-4,7-10,12-14,17-18H2,1-2H3. The SMILES string of the molecule is CCC1CCC2CC3CCC4(C)C(c5ccc6ccncc6c5)CCC4C34CCC2(C1)O4. The lowest BCUT2D eigenvalue weighted by Gasteiger charge is -2.61. The van der Waals surface area contributed by atoms with Crippen LogP contribution in [0.5, 0.6) is 0 Å². The molecule has 1 aromatic heterocycles. The molecule has 0 N–H and O–H groups in total. The molecule has 3 saturated carbocycles. The number of ether oxygens (including phenoxy) is 1. The van der Waals surface area contributed by atoms with Crippen molar-refractivity contribution in [2.75, 3.05) is 0 Å². The van der Waals surface area contributed by atoms with E-state index in [2.05, 4.69) is 43.1 Å². The van der Waals surface area contributed by atoms with Crippen LogP contribution in [0.1, 0.15) is 96.0 Å². The molecule has 2 spiro atoms. The molecule has 7 rings (SSSR count). The summed E-state index contributed by atoms with van der Waals surface area (Å²) in [6, 6.07) is 9.34. The third kappa shape index (κ3) is 2.54. The fraction of sp³-hybridized carbons (Fsp3) is 0.700. The Hall–Kier alpha value is -1.41. The maximum Gasteiger partial charge on any atom is 0.0752 e. The second kappa shape index (κ2) is 6.81. The molecule has 5 fully saturated rings. The van der Waals surface area contributed by atoms with E-state index >= 15 is 0 Å². The molecule has 3 heterocycles.